The molecular formula is C18H21N3O6. The van der Waals surface area contributed by atoms with Crippen molar-refractivity contribution < 1.29 is 24.0 Å². The number of non-ortho nitro benzene ring substituents is 1. The monoisotopic (exact) mass is 375 g/mol. The van der Waals surface area contributed by atoms with Gasteiger partial charge in [-0.1, -0.05) is 0 Å². The number of nitro benzene ring substituents is 1. The first-order valence-electron chi connectivity index (χ1n) is 8.32. The van der Waals surface area contributed by atoms with E-state index in [1.165, 1.54) is 19.1 Å². The van der Waals surface area contributed by atoms with Crippen molar-refractivity contribution in [3.63, 3.8) is 0 Å². The van der Waals surface area contributed by atoms with Crippen LogP contribution in [0.4, 0.5) is 5.69 Å². The molecule has 27 heavy (non-hydrogen) atoms. The quantitative estimate of drug-likeness (QED) is 0.508. The molecule has 0 fully saturated rings. The highest BCUT2D eigenvalue weighted by Gasteiger charge is 2.22. The molecule has 0 aliphatic rings. The Labute approximate surface area is 155 Å². The number of furan rings is 1. The summed E-state index contributed by atoms with van der Waals surface area (Å²) in [4.78, 5) is 34.3. The van der Waals surface area contributed by atoms with E-state index >= 15 is 0 Å². The molecule has 0 aliphatic carbocycles. The smallest absolute Gasteiger partial charge is 0.320 e. The van der Waals surface area contributed by atoms with Crippen molar-refractivity contribution in [2.24, 2.45) is 0 Å². The summed E-state index contributed by atoms with van der Waals surface area (Å²) in [6, 6.07) is 8.68. The molecule has 0 saturated carbocycles. The Hall–Kier alpha value is -3.20. The highest BCUT2D eigenvalue weighted by Crippen LogP contribution is 2.25. The predicted molar refractivity (Wildman–Crippen MR) is 97.0 cm³/mol. The molecule has 2 rings (SSSR count). The minimum atomic E-state index is -0.972. The number of benzene rings is 1. The van der Waals surface area contributed by atoms with Crippen molar-refractivity contribution >= 4 is 17.6 Å². The molecule has 1 amide bonds. The Balaban J connectivity index is 2.10. The van der Waals surface area contributed by atoms with Crippen molar-refractivity contribution in [1.29, 1.82) is 0 Å². The average Bonchev–Trinajstić information content (AvgIpc) is 3.08. The number of carboxylic acids is 1. The van der Waals surface area contributed by atoms with Crippen LogP contribution in [0.15, 0.2) is 40.8 Å². The Morgan fingerprint density at radius 1 is 1.26 bits per heavy atom. The van der Waals surface area contributed by atoms with E-state index < -0.39 is 16.9 Å². The molecule has 2 aromatic rings. The second kappa shape index (κ2) is 8.95. The van der Waals surface area contributed by atoms with Crippen molar-refractivity contribution in [3.05, 3.63) is 52.3 Å². The van der Waals surface area contributed by atoms with Crippen molar-refractivity contribution in [2.45, 2.75) is 26.4 Å². The maximum Gasteiger partial charge on any atom is 0.320 e. The van der Waals surface area contributed by atoms with Gasteiger partial charge in [0, 0.05) is 37.7 Å². The van der Waals surface area contributed by atoms with E-state index in [0.717, 1.165) is 0 Å². The molecule has 0 radical (unpaired) electrons. The summed E-state index contributed by atoms with van der Waals surface area (Å²) < 4.78 is 5.77. The third kappa shape index (κ3) is 5.65. The normalized spacial score (nSPS) is 12.0. The Kier molecular flexibility index (Phi) is 6.67. The largest absolute Gasteiger partial charge is 0.480 e. The minimum Gasteiger partial charge on any atom is -0.480 e. The summed E-state index contributed by atoms with van der Waals surface area (Å²) in [5.41, 5.74) is 0.674. The summed E-state index contributed by atoms with van der Waals surface area (Å²) in [6.45, 7) is 3.88. The van der Waals surface area contributed by atoms with Crippen LogP contribution in [0.1, 0.15) is 19.6 Å². The molecule has 9 nitrogen and oxygen atoms in total. The van der Waals surface area contributed by atoms with Crippen LogP contribution in [-0.4, -0.2) is 45.9 Å². The van der Waals surface area contributed by atoms with Crippen molar-refractivity contribution in [1.82, 2.24) is 10.2 Å². The molecule has 1 aromatic heterocycles. The highest BCUT2D eigenvalue weighted by molar-refractivity contribution is 5.73. The predicted octanol–water partition coefficient (Wildman–Crippen LogP) is 2.27. The van der Waals surface area contributed by atoms with E-state index in [1.54, 1.807) is 36.1 Å². The molecule has 0 bridgehead atoms. The first-order valence-corrected chi connectivity index (χ1v) is 8.32. The fraction of sp³-hybridized carbons (Fsp3) is 0.333. The molecule has 1 atom stereocenters. The molecule has 1 heterocycles. The topological polar surface area (TPSA) is 126 Å². The summed E-state index contributed by atoms with van der Waals surface area (Å²) in [5.74, 6) is -0.0691. The number of carbonyl (C=O) groups is 2. The Morgan fingerprint density at radius 3 is 2.48 bits per heavy atom. The molecule has 1 aromatic carbocycles. The van der Waals surface area contributed by atoms with Gasteiger partial charge < -0.3 is 14.8 Å². The van der Waals surface area contributed by atoms with Gasteiger partial charge in [-0.2, -0.15) is 0 Å². The highest BCUT2D eigenvalue weighted by atomic mass is 16.6. The number of carboxylic acid groups (broad SMARTS) is 1. The number of nitrogens with zero attached hydrogens (tertiary/aromatic N) is 2. The van der Waals surface area contributed by atoms with Gasteiger partial charge in [0.05, 0.1) is 11.5 Å². The number of aliphatic carboxylic acids is 1. The summed E-state index contributed by atoms with van der Waals surface area (Å²) >= 11 is 0. The number of rotatable bonds is 9. The van der Waals surface area contributed by atoms with Gasteiger partial charge >= 0.3 is 5.97 Å². The van der Waals surface area contributed by atoms with Crippen molar-refractivity contribution in [2.75, 3.05) is 13.1 Å². The second-order valence-electron chi connectivity index (χ2n) is 6.04. The zero-order chi connectivity index (χ0) is 20.0. The van der Waals surface area contributed by atoms with Crippen LogP contribution in [-0.2, 0) is 16.1 Å². The minimum absolute atomic E-state index is 0.00930. The fourth-order valence-electron chi connectivity index (χ4n) is 2.51. The van der Waals surface area contributed by atoms with E-state index in [4.69, 9.17) is 4.42 Å². The molecule has 0 saturated heterocycles. The lowest BCUT2D eigenvalue weighted by Crippen LogP contribution is -2.42. The van der Waals surface area contributed by atoms with Crippen molar-refractivity contribution in [3.8, 4) is 11.3 Å². The number of amides is 1. The SMILES string of the molecule is CC(=O)NCCN(Cc1ccc(-c2ccc([N+](=O)[O-])cc2)o1)C(C)C(=O)O. The van der Waals surface area contributed by atoms with Gasteiger partial charge in [0.2, 0.25) is 5.91 Å². The van der Waals surface area contributed by atoms with Gasteiger partial charge in [-0.3, -0.25) is 24.6 Å². The lowest BCUT2D eigenvalue weighted by Gasteiger charge is -2.25. The van der Waals surface area contributed by atoms with E-state index in [2.05, 4.69) is 5.32 Å². The molecule has 2 N–H and O–H groups in total. The van der Waals surface area contributed by atoms with Gasteiger partial charge in [-0.15, -0.1) is 0 Å². The summed E-state index contributed by atoms with van der Waals surface area (Å²) in [6.07, 6.45) is 0. The van der Waals surface area contributed by atoms with E-state index in [9.17, 15) is 24.8 Å². The summed E-state index contributed by atoms with van der Waals surface area (Å²) in [7, 11) is 0. The number of carbonyl (C=O) groups excluding carboxylic acids is 1. The lowest BCUT2D eigenvalue weighted by atomic mass is 10.1. The van der Waals surface area contributed by atoms with Crippen LogP contribution in [0, 0.1) is 10.1 Å². The zero-order valence-electron chi connectivity index (χ0n) is 15.0. The Bertz CT molecular complexity index is 815. The van der Waals surface area contributed by atoms with E-state index in [-0.39, 0.29) is 18.1 Å². The fourth-order valence-corrected chi connectivity index (χ4v) is 2.51. The van der Waals surface area contributed by atoms with Crippen LogP contribution < -0.4 is 5.32 Å². The third-order valence-corrected chi connectivity index (χ3v) is 4.06. The molecule has 9 heteroatoms. The van der Waals surface area contributed by atoms with Gasteiger partial charge in [-0.25, -0.2) is 0 Å². The van der Waals surface area contributed by atoms with Crippen LogP contribution in [0.25, 0.3) is 11.3 Å². The number of hydrogen-bond acceptors (Lipinski definition) is 6. The number of nitrogens with one attached hydrogen (secondary N) is 1. The summed E-state index contributed by atoms with van der Waals surface area (Å²) in [5, 5.41) is 22.6. The standard InChI is InChI=1S/C18H21N3O6/c1-12(18(23)24)20(10-9-19-13(2)22)11-16-7-8-17(27-16)14-3-5-15(6-4-14)21(25)26/h3-8,12H,9-11H2,1-2H3,(H,19,22)(H,23,24). The molecular weight excluding hydrogens is 354 g/mol. The zero-order valence-corrected chi connectivity index (χ0v) is 15.0. The second-order valence-corrected chi connectivity index (χ2v) is 6.04. The number of nitro groups is 1. The first-order chi connectivity index (χ1) is 12.8. The van der Waals surface area contributed by atoms with Crippen LogP contribution >= 0.6 is 0 Å². The molecule has 1 unspecified atom stereocenters. The average molecular weight is 375 g/mol. The Morgan fingerprint density at radius 2 is 1.93 bits per heavy atom. The third-order valence-electron chi connectivity index (χ3n) is 4.06. The van der Waals surface area contributed by atoms with Gasteiger partial charge in [-0.05, 0) is 31.2 Å². The van der Waals surface area contributed by atoms with Crippen LogP contribution in [0.2, 0.25) is 0 Å². The van der Waals surface area contributed by atoms with Crippen LogP contribution in [0.5, 0.6) is 0 Å². The lowest BCUT2D eigenvalue weighted by molar-refractivity contribution is -0.384. The first kappa shape index (κ1) is 20.1. The van der Waals surface area contributed by atoms with Crippen LogP contribution in [0.3, 0.4) is 0 Å². The molecule has 144 valence electrons. The van der Waals surface area contributed by atoms with E-state index in [0.29, 0.717) is 30.2 Å². The molecule has 0 aliphatic heterocycles. The number of hydrogen-bond donors (Lipinski definition) is 2. The molecule has 0 spiro atoms. The van der Waals surface area contributed by atoms with E-state index in [1.807, 2.05) is 0 Å². The van der Waals surface area contributed by atoms with Gasteiger partial charge in [0.25, 0.3) is 5.69 Å². The van der Waals surface area contributed by atoms with Gasteiger partial charge in [0.15, 0.2) is 0 Å². The maximum absolute atomic E-state index is 11.3. The maximum atomic E-state index is 11.3. The van der Waals surface area contributed by atoms with Gasteiger partial charge in [0.1, 0.15) is 17.6 Å².